The maximum atomic E-state index is 12.6. The van der Waals surface area contributed by atoms with Crippen molar-refractivity contribution in [3.63, 3.8) is 0 Å². The molecule has 0 radical (unpaired) electrons. The highest BCUT2D eigenvalue weighted by Gasteiger charge is 2.25. The van der Waals surface area contributed by atoms with E-state index in [9.17, 15) is 9.59 Å². The van der Waals surface area contributed by atoms with Crippen molar-refractivity contribution in [2.75, 3.05) is 58.9 Å². The fourth-order valence-corrected chi connectivity index (χ4v) is 2.62. The fourth-order valence-electron chi connectivity index (χ4n) is 2.62. The Bertz CT molecular complexity index is 543. The summed E-state index contributed by atoms with van der Waals surface area (Å²) in [5, 5.41) is 0. The Morgan fingerprint density at radius 3 is 2.52 bits per heavy atom. The van der Waals surface area contributed by atoms with E-state index in [0.29, 0.717) is 31.8 Å². The first-order chi connectivity index (χ1) is 11.0. The number of benzene rings is 1. The van der Waals surface area contributed by atoms with E-state index in [4.69, 9.17) is 4.74 Å². The van der Waals surface area contributed by atoms with Gasteiger partial charge >= 0.3 is 0 Å². The number of ether oxygens (including phenoxy) is 1. The molecule has 1 heterocycles. The zero-order chi connectivity index (χ0) is 16.8. The zero-order valence-electron chi connectivity index (χ0n) is 14.1. The van der Waals surface area contributed by atoms with Gasteiger partial charge in [-0.1, -0.05) is 0 Å². The second-order valence-corrected chi connectivity index (χ2v) is 5.90. The highest BCUT2D eigenvalue weighted by atomic mass is 16.5. The number of carbonyl (C=O) groups excluding carboxylic acids is 2. The largest absolute Gasteiger partial charge is 0.383 e. The molecule has 1 fully saturated rings. The summed E-state index contributed by atoms with van der Waals surface area (Å²) in [6.07, 6.45) is 0.789. The van der Waals surface area contributed by atoms with Gasteiger partial charge in [-0.05, 0) is 30.7 Å². The van der Waals surface area contributed by atoms with Gasteiger partial charge in [0, 0.05) is 52.1 Å². The van der Waals surface area contributed by atoms with Crippen molar-refractivity contribution >= 4 is 17.5 Å². The van der Waals surface area contributed by atoms with Gasteiger partial charge in [0.2, 0.25) is 5.91 Å². The molecule has 1 saturated heterocycles. The summed E-state index contributed by atoms with van der Waals surface area (Å²) in [6.45, 7) is 2.51. The van der Waals surface area contributed by atoms with Crippen molar-refractivity contribution in [2.24, 2.45) is 0 Å². The van der Waals surface area contributed by atoms with Crippen molar-refractivity contribution in [3.05, 3.63) is 29.8 Å². The quantitative estimate of drug-likeness (QED) is 0.815. The van der Waals surface area contributed by atoms with Crippen molar-refractivity contribution in [3.8, 4) is 0 Å². The third kappa shape index (κ3) is 4.45. The second-order valence-electron chi connectivity index (χ2n) is 5.90. The van der Waals surface area contributed by atoms with Gasteiger partial charge in [-0.2, -0.15) is 0 Å². The lowest BCUT2D eigenvalue weighted by Crippen LogP contribution is -2.40. The lowest BCUT2D eigenvalue weighted by atomic mass is 10.1. The fraction of sp³-hybridized carbons (Fsp3) is 0.529. The van der Waals surface area contributed by atoms with E-state index < -0.39 is 0 Å². The lowest BCUT2D eigenvalue weighted by Gasteiger charge is -2.22. The molecule has 0 N–H and O–H groups in total. The number of hydrogen-bond acceptors (Lipinski definition) is 4. The minimum absolute atomic E-state index is 0.0159. The van der Waals surface area contributed by atoms with E-state index in [2.05, 4.69) is 0 Å². The smallest absolute Gasteiger partial charge is 0.254 e. The Balaban J connectivity index is 2.03. The first-order valence-electron chi connectivity index (χ1n) is 7.86. The van der Waals surface area contributed by atoms with Crippen LogP contribution < -0.4 is 4.90 Å². The molecule has 126 valence electrons. The highest BCUT2D eigenvalue weighted by Crippen LogP contribution is 2.15. The standard InChI is InChI=1S/C17H25N3O3/c1-18(2)15-7-5-14(6-8-15)17(22)20-10-4-9-19(11-12-23-3)16(21)13-20/h5-8H,4,9-13H2,1-3H3. The highest BCUT2D eigenvalue weighted by molar-refractivity contribution is 5.97. The number of amides is 2. The van der Waals surface area contributed by atoms with Crippen molar-refractivity contribution in [2.45, 2.75) is 6.42 Å². The van der Waals surface area contributed by atoms with E-state index in [1.165, 1.54) is 0 Å². The van der Waals surface area contributed by atoms with Crippen LogP contribution in [0, 0.1) is 0 Å². The SMILES string of the molecule is COCCN1CCCN(C(=O)c2ccc(N(C)C)cc2)CC1=O. The van der Waals surface area contributed by atoms with E-state index in [1.807, 2.05) is 43.3 Å². The van der Waals surface area contributed by atoms with Gasteiger partial charge in [0.1, 0.15) is 6.54 Å². The van der Waals surface area contributed by atoms with Gasteiger partial charge in [-0.25, -0.2) is 0 Å². The van der Waals surface area contributed by atoms with Crippen LogP contribution >= 0.6 is 0 Å². The van der Waals surface area contributed by atoms with E-state index >= 15 is 0 Å². The third-order valence-corrected chi connectivity index (χ3v) is 4.02. The van der Waals surface area contributed by atoms with Gasteiger partial charge in [0.25, 0.3) is 5.91 Å². The van der Waals surface area contributed by atoms with E-state index in [0.717, 1.165) is 12.1 Å². The second kappa shape index (κ2) is 7.97. The monoisotopic (exact) mass is 319 g/mol. The predicted octanol–water partition coefficient (Wildman–Crippen LogP) is 1.07. The first kappa shape index (κ1) is 17.3. The summed E-state index contributed by atoms with van der Waals surface area (Å²) >= 11 is 0. The predicted molar refractivity (Wildman–Crippen MR) is 89.7 cm³/mol. The summed E-state index contributed by atoms with van der Waals surface area (Å²) < 4.78 is 5.03. The van der Waals surface area contributed by atoms with E-state index in [1.54, 1.807) is 16.9 Å². The average Bonchev–Trinajstić information content (AvgIpc) is 2.74. The Morgan fingerprint density at radius 1 is 1.22 bits per heavy atom. The number of hydrogen-bond donors (Lipinski definition) is 0. The minimum atomic E-state index is -0.0859. The van der Waals surface area contributed by atoms with Crippen LogP contribution in [0.2, 0.25) is 0 Å². The molecule has 0 bridgehead atoms. The Morgan fingerprint density at radius 2 is 1.91 bits per heavy atom. The van der Waals surface area contributed by atoms with Crippen LogP contribution in [0.1, 0.15) is 16.8 Å². The Kier molecular flexibility index (Phi) is 5.98. The maximum Gasteiger partial charge on any atom is 0.254 e. The molecular formula is C17H25N3O3. The van der Waals surface area contributed by atoms with Crippen LogP contribution in [0.3, 0.4) is 0 Å². The van der Waals surface area contributed by atoms with Crippen molar-refractivity contribution < 1.29 is 14.3 Å². The van der Waals surface area contributed by atoms with Crippen LogP contribution in [-0.2, 0) is 9.53 Å². The molecule has 23 heavy (non-hydrogen) atoms. The molecule has 0 aromatic heterocycles. The third-order valence-electron chi connectivity index (χ3n) is 4.02. The molecule has 0 aliphatic carbocycles. The molecule has 6 nitrogen and oxygen atoms in total. The number of methoxy groups -OCH3 is 1. The van der Waals surface area contributed by atoms with Crippen molar-refractivity contribution in [1.82, 2.24) is 9.80 Å². The topological polar surface area (TPSA) is 53.1 Å². The number of anilines is 1. The van der Waals surface area contributed by atoms with Crippen LogP contribution in [0.4, 0.5) is 5.69 Å². The molecule has 0 spiro atoms. The molecule has 0 atom stereocenters. The number of rotatable bonds is 5. The van der Waals surface area contributed by atoms with Crippen LogP contribution in [0.5, 0.6) is 0 Å². The van der Waals surface area contributed by atoms with Gasteiger partial charge in [-0.3, -0.25) is 9.59 Å². The molecule has 2 rings (SSSR count). The summed E-state index contributed by atoms with van der Waals surface area (Å²) in [5.41, 5.74) is 1.66. The van der Waals surface area contributed by atoms with Crippen LogP contribution in [-0.4, -0.2) is 75.6 Å². The molecule has 1 aromatic carbocycles. The first-order valence-corrected chi connectivity index (χ1v) is 7.86. The maximum absolute atomic E-state index is 12.6. The normalized spacial score (nSPS) is 15.5. The van der Waals surface area contributed by atoms with Crippen LogP contribution in [0.25, 0.3) is 0 Å². The van der Waals surface area contributed by atoms with Crippen LogP contribution in [0.15, 0.2) is 24.3 Å². The van der Waals surface area contributed by atoms with E-state index in [-0.39, 0.29) is 18.4 Å². The molecule has 1 aliphatic heterocycles. The van der Waals surface area contributed by atoms with Gasteiger partial charge < -0.3 is 19.4 Å². The molecule has 1 aromatic rings. The molecule has 0 saturated carbocycles. The van der Waals surface area contributed by atoms with Gasteiger partial charge in [-0.15, -0.1) is 0 Å². The average molecular weight is 319 g/mol. The molecule has 0 unspecified atom stereocenters. The lowest BCUT2D eigenvalue weighted by molar-refractivity contribution is -0.131. The minimum Gasteiger partial charge on any atom is -0.383 e. The summed E-state index contributed by atoms with van der Waals surface area (Å²) in [7, 11) is 5.54. The van der Waals surface area contributed by atoms with Gasteiger partial charge in [0.15, 0.2) is 0 Å². The summed E-state index contributed by atoms with van der Waals surface area (Å²) in [6, 6.07) is 7.46. The van der Waals surface area contributed by atoms with Gasteiger partial charge in [0.05, 0.1) is 6.61 Å². The molecular weight excluding hydrogens is 294 g/mol. The molecule has 6 heteroatoms. The molecule has 2 amide bonds. The summed E-state index contributed by atoms with van der Waals surface area (Å²) in [4.78, 5) is 30.3. The Hall–Kier alpha value is -2.08. The zero-order valence-corrected chi connectivity index (χ0v) is 14.1. The summed E-state index contributed by atoms with van der Waals surface area (Å²) in [5.74, 6) is -0.102. The number of carbonyl (C=O) groups is 2. The number of nitrogens with zero attached hydrogens (tertiary/aromatic N) is 3. The van der Waals surface area contributed by atoms with Crippen molar-refractivity contribution in [1.29, 1.82) is 0 Å². The molecule has 1 aliphatic rings. The Labute approximate surface area is 137 Å².